The van der Waals surface area contributed by atoms with Gasteiger partial charge in [-0.1, -0.05) is 26.0 Å². The Kier molecular flexibility index (Phi) is 4.69. The monoisotopic (exact) mass is 272 g/mol. The minimum atomic E-state index is -0.507. The lowest BCUT2D eigenvalue weighted by Crippen LogP contribution is -2.32. The van der Waals surface area contributed by atoms with Crippen molar-refractivity contribution in [1.82, 2.24) is 10.3 Å². The third kappa shape index (κ3) is 3.54. The molecule has 1 atom stereocenters. The summed E-state index contributed by atoms with van der Waals surface area (Å²) in [4.78, 5) is 16.4. The molecule has 0 aliphatic carbocycles. The van der Waals surface area contributed by atoms with E-state index in [9.17, 15) is 9.90 Å². The van der Waals surface area contributed by atoms with Crippen molar-refractivity contribution >= 4 is 16.8 Å². The third-order valence-corrected chi connectivity index (χ3v) is 3.13. The zero-order valence-electron chi connectivity index (χ0n) is 11.8. The summed E-state index contributed by atoms with van der Waals surface area (Å²) >= 11 is 0. The van der Waals surface area contributed by atoms with Gasteiger partial charge in [0.05, 0.1) is 11.6 Å². The zero-order chi connectivity index (χ0) is 14.5. The van der Waals surface area contributed by atoms with E-state index in [-0.39, 0.29) is 12.5 Å². The molecule has 0 aliphatic heterocycles. The Hall–Kier alpha value is -1.94. The van der Waals surface area contributed by atoms with Crippen molar-refractivity contribution in [3.63, 3.8) is 0 Å². The second kappa shape index (κ2) is 6.48. The summed E-state index contributed by atoms with van der Waals surface area (Å²) < 4.78 is 0. The number of nitrogens with one attached hydrogen (secondary N) is 1. The lowest BCUT2D eigenvalue weighted by Gasteiger charge is -2.14. The Morgan fingerprint density at radius 1 is 1.30 bits per heavy atom. The molecule has 1 aromatic heterocycles. The fourth-order valence-corrected chi connectivity index (χ4v) is 2.23. The first-order chi connectivity index (χ1) is 9.58. The van der Waals surface area contributed by atoms with E-state index in [0.29, 0.717) is 17.9 Å². The first-order valence-corrected chi connectivity index (χ1v) is 6.88. The van der Waals surface area contributed by atoms with Gasteiger partial charge in [-0.2, -0.15) is 0 Å². The summed E-state index contributed by atoms with van der Waals surface area (Å²) in [7, 11) is 0. The van der Waals surface area contributed by atoms with Crippen LogP contribution in [0.5, 0.6) is 0 Å². The first-order valence-electron chi connectivity index (χ1n) is 6.88. The van der Waals surface area contributed by atoms with Crippen LogP contribution < -0.4 is 5.32 Å². The summed E-state index contributed by atoms with van der Waals surface area (Å²) in [5.41, 5.74) is 1.38. The molecule has 1 aromatic carbocycles. The lowest BCUT2D eigenvalue weighted by molar-refractivity contribution is 0.0902. The normalized spacial score (nSPS) is 12.6. The maximum atomic E-state index is 12.2. The largest absolute Gasteiger partial charge is 0.391 e. The fraction of sp³-hybridized carbons (Fsp3) is 0.375. The molecule has 2 aromatic rings. The summed E-state index contributed by atoms with van der Waals surface area (Å²) in [6, 6.07) is 9.15. The highest BCUT2D eigenvalue weighted by molar-refractivity contribution is 6.06. The minimum Gasteiger partial charge on any atom is -0.391 e. The summed E-state index contributed by atoms with van der Waals surface area (Å²) in [5, 5.41) is 13.4. The number of aromatic nitrogens is 1. The molecule has 0 saturated carbocycles. The Balaban J connectivity index is 2.08. The highest BCUT2D eigenvalue weighted by Gasteiger charge is 2.12. The van der Waals surface area contributed by atoms with Crippen LogP contribution in [0.2, 0.25) is 0 Å². The number of hydrogen-bond acceptors (Lipinski definition) is 3. The maximum absolute atomic E-state index is 12.2. The molecule has 4 nitrogen and oxygen atoms in total. The van der Waals surface area contributed by atoms with Gasteiger partial charge in [-0.15, -0.1) is 0 Å². The number of fused-ring (bicyclic) bond motifs is 1. The van der Waals surface area contributed by atoms with Crippen molar-refractivity contribution in [2.75, 3.05) is 6.54 Å². The zero-order valence-corrected chi connectivity index (χ0v) is 11.8. The van der Waals surface area contributed by atoms with E-state index in [1.54, 1.807) is 12.3 Å². The van der Waals surface area contributed by atoms with Crippen LogP contribution >= 0.6 is 0 Å². The SMILES string of the molecule is CC(C)CC(O)CNC(=O)c1cccc2ncccc12. The van der Waals surface area contributed by atoms with Gasteiger partial charge in [-0.05, 0) is 30.5 Å². The molecule has 4 heteroatoms. The number of benzene rings is 1. The molecule has 0 bridgehead atoms. The van der Waals surface area contributed by atoms with Crippen LogP contribution in [-0.2, 0) is 0 Å². The number of amides is 1. The molecule has 1 unspecified atom stereocenters. The van der Waals surface area contributed by atoms with Crippen molar-refractivity contribution in [1.29, 1.82) is 0 Å². The molecule has 0 saturated heterocycles. The van der Waals surface area contributed by atoms with Gasteiger partial charge in [0, 0.05) is 23.7 Å². The number of rotatable bonds is 5. The molecule has 20 heavy (non-hydrogen) atoms. The number of nitrogens with zero attached hydrogens (tertiary/aromatic N) is 1. The Labute approximate surface area is 118 Å². The molecule has 2 N–H and O–H groups in total. The van der Waals surface area contributed by atoms with Crippen molar-refractivity contribution in [3.8, 4) is 0 Å². The van der Waals surface area contributed by atoms with Crippen LogP contribution in [0.15, 0.2) is 36.5 Å². The van der Waals surface area contributed by atoms with E-state index in [4.69, 9.17) is 0 Å². The van der Waals surface area contributed by atoms with Crippen LogP contribution in [0, 0.1) is 5.92 Å². The van der Waals surface area contributed by atoms with Crippen LogP contribution in [-0.4, -0.2) is 28.6 Å². The van der Waals surface area contributed by atoms with E-state index in [2.05, 4.69) is 10.3 Å². The predicted octanol–water partition coefficient (Wildman–Crippen LogP) is 2.37. The highest BCUT2D eigenvalue weighted by Crippen LogP contribution is 2.16. The predicted molar refractivity (Wildman–Crippen MR) is 79.5 cm³/mol. The van der Waals surface area contributed by atoms with E-state index < -0.39 is 6.10 Å². The van der Waals surface area contributed by atoms with E-state index in [1.165, 1.54) is 0 Å². The molecule has 0 aliphatic rings. The van der Waals surface area contributed by atoms with Gasteiger partial charge in [0.25, 0.3) is 5.91 Å². The van der Waals surface area contributed by atoms with Crippen molar-refractivity contribution in [2.24, 2.45) is 5.92 Å². The van der Waals surface area contributed by atoms with Crippen molar-refractivity contribution < 1.29 is 9.90 Å². The van der Waals surface area contributed by atoms with Crippen LogP contribution in [0.4, 0.5) is 0 Å². The average molecular weight is 272 g/mol. The Morgan fingerprint density at radius 3 is 2.85 bits per heavy atom. The summed E-state index contributed by atoms with van der Waals surface area (Å²) in [6.07, 6.45) is 1.88. The topological polar surface area (TPSA) is 62.2 Å². The van der Waals surface area contributed by atoms with E-state index >= 15 is 0 Å². The van der Waals surface area contributed by atoms with Crippen molar-refractivity contribution in [3.05, 3.63) is 42.1 Å². The molecule has 1 heterocycles. The smallest absolute Gasteiger partial charge is 0.252 e. The minimum absolute atomic E-state index is 0.175. The van der Waals surface area contributed by atoms with Gasteiger partial charge in [0.2, 0.25) is 0 Å². The summed E-state index contributed by atoms with van der Waals surface area (Å²) in [5.74, 6) is 0.232. The molecule has 0 spiro atoms. The first kappa shape index (κ1) is 14.5. The quantitative estimate of drug-likeness (QED) is 0.878. The van der Waals surface area contributed by atoms with Gasteiger partial charge in [0.15, 0.2) is 0 Å². The molecule has 0 fully saturated rings. The van der Waals surface area contributed by atoms with Gasteiger partial charge in [-0.25, -0.2) is 0 Å². The molecule has 1 amide bonds. The highest BCUT2D eigenvalue weighted by atomic mass is 16.3. The Bertz CT molecular complexity index is 591. The lowest BCUT2D eigenvalue weighted by atomic mass is 10.1. The number of carbonyl (C=O) groups is 1. The van der Waals surface area contributed by atoms with Gasteiger partial charge < -0.3 is 10.4 Å². The average Bonchev–Trinajstić information content (AvgIpc) is 2.43. The standard InChI is InChI=1S/C16H20N2O2/c1-11(2)9-12(19)10-18-16(20)14-5-3-7-15-13(14)6-4-8-17-15/h3-8,11-12,19H,9-10H2,1-2H3,(H,18,20). The summed E-state index contributed by atoms with van der Waals surface area (Å²) in [6.45, 7) is 4.36. The van der Waals surface area contributed by atoms with Crippen LogP contribution in [0.25, 0.3) is 10.9 Å². The number of pyridine rings is 1. The maximum Gasteiger partial charge on any atom is 0.252 e. The third-order valence-electron chi connectivity index (χ3n) is 3.13. The van der Waals surface area contributed by atoms with Gasteiger partial charge >= 0.3 is 0 Å². The van der Waals surface area contributed by atoms with E-state index in [1.807, 2.05) is 38.1 Å². The van der Waals surface area contributed by atoms with Crippen LogP contribution in [0.1, 0.15) is 30.6 Å². The fourth-order valence-electron chi connectivity index (χ4n) is 2.23. The number of aliphatic hydroxyl groups excluding tert-OH is 1. The second-order valence-corrected chi connectivity index (χ2v) is 5.37. The Morgan fingerprint density at radius 2 is 2.10 bits per heavy atom. The van der Waals surface area contributed by atoms with Crippen molar-refractivity contribution in [2.45, 2.75) is 26.4 Å². The number of hydrogen-bond donors (Lipinski definition) is 2. The van der Waals surface area contributed by atoms with Gasteiger partial charge in [0.1, 0.15) is 0 Å². The van der Waals surface area contributed by atoms with E-state index in [0.717, 1.165) is 10.9 Å². The molecule has 0 radical (unpaired) electrons. The second-order valence-electron chi connectivity index (χ2n) is 5.37. The number of aliphatic hydroxyl groups is 1. The van der Waals surface area contributed by atoms with Crippen LogP contribution in [0.3, 0.4) is 0 Å². The molecular formula is C16H20N2O2. The van der Waals surface area contributed by atoms with Gasteiger partial charge in [-0.3, -0.25) is 9.78 Å². The molecule has 2 rings (SSSR count). The number of carbonyl (C=O) groups excluding carboxylic acids is 1. The molecular weight excluding hydrogens is 252 g/mol. The molecule has 106 valence electrons.